The minimum Gasteiger partial charge on any atom is -0.481 e. The molecule has 0 aromatic rings. The van der Waals surface area contributed by atoms with Crippen LogP contribution in [0.5, 0.6) is 0 Å². The van der Waals surface area contributed by atoms with E-state index in [0.717, 1.165) is 0 Å². The number of amides is 2. The average Bonchev–Trinajstić information content (AvgIpc) is 3.30. The van der Waals surface area contributed by atoms with Crippen molar-refractivity contribution in [3.63, 3.8) is 0 Å². The molecular formula is C23H36N2O6. The first-order chi connectivity index (χ1) is 14.5. The number of carbonyl (C=O) groups is 3. The molecule has 3 heterocycles. The molecular weight excluding hydrogens is 400 g/mol. The van der Waals surface area contributed by atoms with Crippen molar-refractivity contribution in [1.82, 2.24) is 9.80 Å². The minimum atomic E-state index is -1.19. The molecule has 6 atom stereocenters. The van der Waals surface area contributed by atoms with Gasteiger partial charge in [0.1, 0.15) is 17.6 Å². The maximum absolute atomic E-state index is 13.9. The van der Waals surface area contributed by atoms with E-state index in [2.05, 4.69) is 6.58 Å². The van der Waals surface area contributed by atoms with Crippen LogP contribution in [0.4, 0.5) is 0 Å². The number of ether oxygens (including phenoxy) is 1. The minimum absolute atomic E-state index is 0.119. The second-order valence-corrected chi connectivity index (χ2v) is 9.78. The maximum Gasteiger partial charge on any atom is 0.310 e. The van der Waals surface area contributed by atoms with Crippen LogP contribution in [0.1, 0.15) is 53.9 Å². The average molecular weight is 437 g/mol. The van der Waals surface area contributed by atoms with Gasteiger partial charge in [-0.15, -0.1) is 6.58 Å². The van der Waals surface area contributed by atoms with Crippen molar-refractivity contribution in [1.29, 1.82) is 0 Å². The summed E-state index contributed by atoms with van der Waals surface area (Å²) in [7, 11) is 0. The molecule has 8 nitrogen and oxygen atoms in total. The molecule has 0 radical (unpaired) electrons. The number of hydrogen-bond acceptors (Lipinski definition) is 5. The van der Waals surface area contributed by atoms with E-state index in [9.17, 15) is 24.6 Å². The van der Waals surface area contributed by atoms with Crippen LogP contribution >= 0.6 is 0 Å². The highest BCUT2D eigenvalue weighted by Crippen LogP contribution is 2.64. The first-order valence-electron chi connectivity index (χ1n) is 11.3. The van der Waals surface area contributed by atoms with Crippen molar-refractivity contribution in [2.24, 2.45) is 17.8 Å². The Morgan fingerprint density at radius 1 is 1.32 bits per heavy atom. The molecule has 3 fully saturated rings. The number of nitrogens with zero attached hydrogens (tertiary/aromatic N) is 2. The van der Waals surface area contributed by atoms with Gasteiger partial charge in [-0.1, -0.05) is 26.8 Å². The molecule has 2 amide bonds. The second kappa shape index (κ2) is 8.20. The fourth-order valence-corrected chi connectivity index (χ4v) is 6.14. The lowest BCUT2D eigenvalue weighted by molar-refractivity contribution is -0.161. The lowest BCUT2D eigenvalue weighted by Gasteiger charge is -2.41. The summed E-state index contributed by atoms with van der Waals surface area (Å²) >= 11 is 0. The van der Waals surface area contributed by atoms with Gasteiger partial charge >= 0.3 is 5.97 Å². The normalized spacial score (nSPS) is 35.0. The molecule has 1 spiro atoms. The number of fused-ring (bicyclic) bond motifs is 1. The van der Waals surface area contributed by atoms with Gasteiger partial charge in [-0.05, 0) is 39.0 Å². The number of carboxylic acids is 1. The van der Waals surface area contributed by atoms with Gasteiger partial charge in [0.25, 0.3) is 0 Å². The van der Waals surface area contributed by atoms with Gasteiger partial charge in [0.2, 0.25) is 11.8 Å². The number of aliphatic hydroxyl groups is 1. The Hall–Kier alpha value is -1.93. The van der Waals surface area contributed by atoms with Gasteiger partial charge in [0.05, 0.1) is 24.2 Å². The molecule has 3 aliphatic heterocycles. The Morgan fingerprint density at radius 3 is 2.42 bits per heavy atom. The van der Waals surface area contributed by atoms with E-state index < -0.39 is 47.0 Å². The third kappa shape index (κ3) is 3.21. The van der Waals surface area contributed by atoms with E-state index in [0.29, 0.717) is 25.8 Å². The molecule has 3 aliphatic rings. The molecule has 31 heavy (non-hydrogen) atoms. The van der Waals surface area contributed by atoms with Crippen molar-refractivity contribution >= 4 is 17.8 Å². The quantitative estimate of drug-likeness (QED) is 0.533. The molecule has 3 rings (SSSR count). The first-order valence-corrected chi connectivity index (χ1v) is 11.3. The van der Waals surface area contributed by atoms with Crippen molar-refractivity contribution in [2.75, 3.05) is 13.2 Å². The van der Waals surface area contributed by atoms with Gasteiger partial charge in [0, 0.05) is 12.6 Å². The summed E-state index contributed by atoms with van der Waals surface area (Å²) in [6, 6.07) is -1.71. The summed E-state index contributed by atoms with van der Waals surface area (Å²) in [6.45, 7) is 13.2. The number of rotatable bonds is 9. The zero-order valence-corrected chi connectivity index (χ0v) is 19.2. The summed E-state index contributed by atoms with van der Waals surface area (Å²) in [5.74, 6) is -3.78. The second-order valence-electron chi connectivity index (χ2n) is 9.78. The summed E-state index contributed by atoms with van der Waals surface area (Å²) in [5, 5.41) is 20.2. The van der Waals surface area contributed by atoms with Gasteiger partial charge in [-0.25, -0.2) is 0 Å². The lowest BCUT2D eigenvalue weighted by Crippen LogP contribution is -2.60. The number of likely N-dealkylation sites (tertiary alicyclic amines) is 1. The molecule has 0 aliphatic carbocycles. The number of aliphatic carboxylic acids is 1. The van der Waals surface area contributed by atoms with E-state index in [1.807, 2.05) is 34.6 Å². The van der Waals surface area contributed by atoms with Crippen LogP contribution in [0.25, 0.3) is 0 Å². The van der Waals surface area contributed by atoms with Crippen LogP contribution in [0.3, 0.4) is 0 Å². The third-order valence-electron chi connectivity index (χ3n) is 7.66. The highest BCUT2D eigenvalue weighted by atomic mass is 16.5. The summed E-state index contributed by atoms with van der Waals surface area (Å²) in [6.07, 6.45) is 3.05. The number of carboxylic acid groups (broad SMARTS) is 1. The fourth-order valence-electron chi connectivity index (χ4n) is 6.14. The Balaban J connectivity index is 2.19. The van der Waals surface area contributed by atoms with Crippen LogP contribution in [0.15, 0.2) is 12.7 Å². The smallest absolute Gasteiger partial charge is 0.310 e. The number of aliphatic hydroxyl groups excluding tert-OH is 1. The van der Waals surface area contributed by atoms with Crippen molar-refractivity contribution in [2.45, 2.75) is 83.2 Å². The first kappa shape index (κ1) is 23.7. The zero-order valence-electron chi connectivity index (χ0n) is 19.2. The summed E-state index contributed by atoms with van der Waals surface area (Å²) in [5.41, 5.74) is -2.13. The van der Waals surface area contributed by atoms with Crippen LogP contribution < -0.4 is 0 Å². The Labute approximate surface area is 184 Å². The molecule has 0 aromatic heterocycles. The standard InChI is InChI=1S/C23H36N2O6/c1-7-11-24(14(5)6)20(28)18-23-10-9-22(8-2,31-23)17(21(29)30)16(23)19(27)25(18)15(12-26)13(3)4/h7,13-18,26H,1,8-12H2,2-6H3,(H,29,30)/t15-,16-,17-,18?,22+,23?/m0/s1. The zero-order chi connectivity index (χ0) is 23.3. The predicted octanol–water partition coefficient (Wildman–Crippen LogP) is 1.67. The van der Waals surface area contributed by atoms with E-state index in [-0.39, 0.29) is 24.5 Å². The summed E-state index contributed by atoms with van der Waals surface area (Å²) in [4.78, 5) is 43.2. The number of carbonyl (C=O) groups excluding carboxylic acids is 2. The lowest BCUT2D eigenvalue weighted by atomic mass is 9.65. The van der Waals surface area contributed by atoms with Crippen LogP contribution in [-0.2, 0) is 19.1 Å². The highest BCUT2D eigenvalue weighted by Gasteiger charge is 2.79. The fraction of sp³-hybridized carbons (Fsp3) is 0.783. The predicted molar refractivity (Wildman–Crippen MR) is 114 cm³/mol. The van der Waals surface area contributed by atoms with E-state index >= 15 is 0 Å². The number of hydrogen-bond donors (Lipinski definition) is 2. The Kier molecular flexibility index (Phi) is 6.28. The topological polar surface area (TPSA) is 107 Å². The van der Waals surface area contributed by atoms with E-state index in [1.165, 1.54) is 4.90 Å². The van der Waals surface area contributed by atoms with Crippen LogP contribution in [-0.4, -0.2) is 80.3 Å². The molecule has 2 bridgehead atoms. The molecule has 2 unspecified atom stereocenters. The highest BCUT2D eigenvalue weighted by molar-refractivity contribution is 5.98. The monoisotopic (exact) mass is 436 g/mol. The molecule has 2 N–H and O–H groups in total. The van der Waals surface area contributed by atoms with Crippen LogP contribution in [0.2, 0.25) is 0 Å². The van der Waals surface area contributed by atoms with Gasteiger partial charge in [0.15, 0.2) is 0 Å². The maximum atomic E-state index is 13.9. The SMILES string of the molecule is C=CCN(C(=O)C1N([C@@H](CO)C(C)C)C(=O)[C@@H]2[C@@H](C(=O)O)[C@@]3(CC)CCC12O3)C(C)C. The molecule has 3 saturated heterocycles. The van der Waals surface area contributed by atoms with E-state index in [1.54, 1.807) is 11.0 Å². The van der Waals surface area contributed by atoms with Gasteiger partial charge < -0.3 is 24.7 Å². The molecule has 8 heteroatoms. The Bertz CT molecular complexity index is 767. The third-order valence-corrected chi connectivity index (χ3v) is 7.66. The van der Waals surface area contributed by atoms with Gasteiger partial charge in [-0.2, -0.15) is 0 Å². The molecule has 0 saturated carbocycles. The van der Waals surface area contributed by atoms with Crippen molar-refractivity contribution < 1.29 is 29.3 Å². The molecule has 0 aromatic carbocycles. The Morgan fingerprint density at radius 2 is 1.97 bits per heavy atom. The summed E-state index contributed by atoms with van der Waals surface area (Å²) < 4.78 is 6.51. The molecule has 174 valence electrons. The van der Waals surface area contributed by atoms with Crippen LogP contribution in [0, 0.1) is 17.8 Å². The van der Waals surface area contributed by atoms with E-state index in [4.69, 9.17) is 4.74 Å². The van der Waals surface area contributed by atoms with Crippen molar-refractivity contribution in [3.8, 4) is 0 Å². The largest absolute Gasteiger partial charge is 0.481 e. The van der Waals surface area contributed by atoms with Gasteiger partial charge in [-0.3, -0.25) is 14.4 Å². The van der Waals surface area contributed by atoms with Crippen molar-refractivity contribution in [3.05, 3.63) is 12.7 Å².